The van der Waals surface area contributed by atoms with E-state index in [9.17, 15) is 4.79 Å². The van der Waals surface area contributed by atoms with Gasteiger partial charge in [-0.15, -0.1) is 11.3 Å². The first-order chi connectivity index (χ1) is 9.02. The van der Waals surface area contributed by atoms with Crippen molar-refractivity contribution in [3.05, 3.63) is 27.5 Å². The molecule has 0 saturated heterocycles. The van der Waals surface area contributed by atoms with Gasteiger partial charge in [-0.2, -0.15) is 11.8 Å². The molecule has 102 valence electrons. The maximum atomic E-state index is 12.1. The number of hydrogen-bond donors (Lipinski definition) is 2. The highest BCUT2D eigenvalue weighted by Gasteiger charge is 2.16. The van der Waals surface area contributed by atoms with Gasteiger partial charge in [-0.25, -0.2) is 0 Å². The Balaban J connectivity index is 2.25. The molecule has 1 unspecified atom stereocenters. The largest absolute Gasteiger partial charge is 0.397 e. The van der Waals surface area contributed by atoms with E-state index in [-0.39, 0.29) is 5.91 Å². The quantitative estimate of drug-likeness (QED) is 0.875. The smallest absolute Gasteiger partial charge is 0.263 e. The van der Waals surface area contributed by atoms with Crippen molar-refractivity contribution < 1.29 is 4.79 Å². The maximum Gasteiger partial charge on any atom is 0.263 e. The van der Waals surface area contributed by atoms with Crippen molar-refractivity contribution >= 4 is 60.7 Å². The Labute approximate surface area is 129 Å². The second-order valence-corrected chi connectivity index (χ2v) is 7.49. The third kappa shape index (κ3) is 3.24. The number of benzene rings is 1. The van der Waals surface area contributed by atoms with E-state index in [1.807, 2.05) is 24.5 Å². The molecule has 1 atom stereocenters. The third-order valence-corrected chi connectivity index (χ3v) is 5.48. The van der Waals surface area contributed by atoms with Crippen LogP contribution < -0.4 is 11.1 Å². The van der Waals surface area contributed by atoms with Crippen LogP contribution in [0.1, 0.15) is 16.6 Å². The number of halogens is 1. The van der Waals surface area contributed by atoms with Crippen LogP contribution in [0.15, 0.2) is 22.7 Å². The lowest BCUT2D eigenvalue weighted by Gasteiger charge is -2.09. The molecule has 0 spiro atoms. The summed E-state index contributed by atoms with van der Waals surface area (Å²) < 4.78 is 2.01. The fourth-order valence-corrected chi connectivity index (χ4v) is 3.50. The summed E-state index contributed by atoms with van der Waals surface area (Å²) >= 11 is 6.58. The molecular weight excluding hydrogens is 344 g/mol. The van der Waals surface area contributed by atoms with Gasteiger partial charge in [-0.05, 0) is 18.4 Å². The molecule has 2 rings (SSSR count). The summed E-state index contributed by atoms with van der Waals surface area (Å²) in [5.41, 5.74) is 6.63. The van der Waals surface area contributed by atoms with Gasteiger partial charge in [0.15, 0.2) is 0 Å². The van der Waals surface area contributed by atoms with E-state index in [0.717, 1.165) is 14.6 Å². The first-order valence-electron chi connectivity index (χ1n) is 5.81. The highest BCUT2D eigenvalue weighted by Crippen LogP contribution is 2.35. The van der Waals surface area contributed by atoms with E-state index < -0.39 is 0 Å². The van der Waals surface area contributed by atoms with E-state index in [0.29, 0.717) is 22.4 Å². The minimum atomic E-state index is -0.0873. The number of fused-ring (bicyclic) bond motifs is 1. The van der Waals surface area contributed by atoms with Crippen LogP contribution in [0.5, 0.6) is 0 Å². The van der Waals surface area contributed by atoms with Gasteiger partial charge in [0.2, 0.25) is 0 Å². The molecule has 0 saturated carbocycles. The number of thioether (sulfide) groups is 1. The molecule has 1 aromatic carbocycles. The Kier molecular flexibility index (Phi) is 4.76. The zero-order valence-electron chi connectivity index (χ0n) is 10.7. The molecule has 0 fully saturated rings. The van der Waals surface area contributed by atoms with Gasteiger partial charge >= 0.3 is 0 Å². The number of amides is 1. The average molecular weight is 359 g/mol. The number of carbonyl (C=O) groups excluding carboxylic acids is 1. The van der Waals surface area contributed by atoms with Crippen LogP contribution in [0, 0.1) is 0 Å². The molecule has 6 heteroatoms. The van der Waals surface area contributed by atoms with Crippen LogP contribution in [0.4, 0.5) is 5.69 Å². The summed E-state index contributed by atoms with van der Waals surface area (Å²) in [4.78, 5) is 12.7. The topological polar surface area (TPSA) is 55.1 Å². The number of nitrogen functional groups attached to an aromatic ring is 1. The van der Waals surface area contributed by atoms with E-state index in [4.69, 9.17) is 5.73 Å². The molecule has 0 aliphatic rings. The number of hydrogen-bond acceptors (Lipinski definition) is 4. The minimum absolute atomic E-state index is 0.0873. The third-order valence-electron chi connectivity index (χ3n) is 2.85. The van der Waals surface area contributed by atoms with Gasteiger partial charge in [-0.3, -0.25) is 4.79 Å². The first-order valence-corrected chi connectivity index (χ1v) is 8.71. The molecule has 2 aromatic rings. The number of rotatable bonds is 4. The second kappa shape index (κ2) is 6.15. The molecular formula is C13H15BrN2OS2. The second-order valence-electron chi connectivity index (χ2n) is 4.24. The van der Waals surface area contributed by atoms with Crippen molar-refractivity contribution in [3.63, 3.8) is 0 Å². The summed E-state index contributed by atoms with van der Waals surface area (Å²) in [5.74, 6) is -0.0873. The number of nitrogens with one attached hydrogen (secondary N) is 1. The number of nitrogens with two attached hydrogens (primary N) is 1. The molecule has 3 nitrogen and oxygen atoms in total. The van der Waals surface area contributed by atoms with Crippen molar-refractivity contribution in [2.75, 3.05) is 18.5 Å². The van der Waals surface area contributed by atoms with Crippen molar-refractivity contribution in [1.29, 1.82) is 0 Å². The zero-order chi connectivity index (χ0) is 14.0. The normalized spacial score (nSPS) is 12.6. The fraction of sp³-hybridized carbons (Fsp3) is 0.308. The lowest BCUT2D eigenvalue weighted by atomic mass is 10.2. The van der Waals surface area contributed by atoms with E-state index in [2.05, 4.69) is 28.2 Å². The summed E-state index contributed by atoms with van der Waals surface area (Å²) in [6.07, 6.45) is 2.03. The minimum Gasteiger partial charge on any atom is -0.397 e. The van der Waals surface area contributed by atoms with Gasteiger partial charge in [0, 0.05) is 26.4 Å². The Morgan fingerprint density at radius 3 is 3.00 bits per heavy atom. The lowest BCUT2D eigenvalue weighted by molar-refractivity contribution is 0.0959. The van der Waals surface area contributed by atoms with Gasteiger partial charge < -0.3 is 11.1 Å². The fourth-order valence-electron chi connectivity index (χ4n) is 1.66. The zero-order valence-corrected chi connectivity index (χ0v) is 13.9. The van der Waals surface area contributed by atoms with Crippen LogP contribution in [0.3, 0.4) is 0 Å². The molecule has 0 aliphatic carbocycles. The molecule has 1 aromatic heterocycles. The SMILES string of the molecule is CSC(C)CNC(=O)c1sc2cc(Br)ccc2c1N. The average Bonchev–Trinajstić information content (AvgIpc) is 2.72. The summed E-state index contributed by atoms with van der Waals surface area (Å²) in [5, 5.41) is 4.26. The number of carbonyl (C=O) groups is 1. The van der Waals surface area contributed by atoms with Gasteiger partial charge in [0.05, 0.1) is 5.69 Å². The summed E-state index contributed by atoms with van der Waals surface area (Å²) in [7, 11) is 0. The van der Waals surface area contributed by atoms with Crippen LogP contribution in [0.25, 0.3) is 10.1 Å². The Morgan fingerprint density at radius 2 is 2.32 bits per heavy atom. The van der Waals surface area contributed by atoms with Crippen molar-refractivity contribution in [2.45, 2.75) is 12.2 Å². The van der Waals surface area contributed by atoms with Crippen molar-refractivity contribution in [3.8, 4) is 0 Å². The van der Waals surface area contributed by atoms with Gasteiger partial charge in [0.25, 0.3) is 5.91 Å². The summed E-state index contributed by atoms with van der Waals surface area (Å²) in [6.45, 7) is 2.73. The van der Waals surface area contributed by atoms with E-state index in [1.165, 1.54) is 11.3 Å². The highest BCUT2D eigenvalue weighted by atomic mass is 79.9. The Hall–Kier alpha value is -0.720. The van der Waals surface area contributed by atoms with Gasteiger partial charge in [0.1, 0.15) is 4.88 Å². The maximum absolute atomic E-state index is 12.1. The molecule has 0 bridgehead atoms. The standard InChI is InChI=1S/C13H15BrN2OS2/c1-7(18-2)6-16-13(17)12-11(15)9-4-3-8(14)5-10(9)19-12/h3-5,7H,6,15H2,1-2H3,(H,16,17). The highest BCUT2D eigenvalue weighted by molar-refractivity contribution is 9.10. The predicted octanol–water partition coefficient (Wildman–Crippen LogP) is 3.73. The van der Waals surface area contributed by atoms with Crippen LogP contribution in [-0.4, -0.2) is 24.0 Å². The molecule has 1 amide bonds. The number of thiophene rings is 1. The van der Waals surface area contributed by atoms with Crippen LogP contribution >= 0.6 is 39.0 Å². The van der Waals surface area contributed by atoms with Crippen LogP contribution in [-0.2, 0) is 0 Å². The van der Waals surface area contributed by atoms with Crippen molar-refractivity contribution in [2.24, 2.45) is 0 Å². The van der Waals surface area contributed by atoms with Crippen LogP contribution in [0.2, 0.25) is 0 Å². The lowest BCUT2D eigenvalue weighted by Crippen LogP contribution is -2.29. The Morgan fingerprint density at radius 1 is 1.58 bits per heavy atom. The predicted molar refractivity (Wildman–Crippen MR) is 89.2 cm³/mol. The monoisotopic (exact) mass is 358 g/mol. The van der Waals surface area contributed by atoms with E-state index >= 15 is 0 Å². The molecule has 1 heterocycles. The summed E-state index contributed by atoms with van der Waals surface area (Å²) in [6, 6.07) is 5.85. The molecule has 0 aliphatic heterocycles. The number of anilines is 1. The van der Waals surface area contributed by atoms with Crippen molar-refractivity contribution in [1.82, 2.24) is 5.32 Å². The van der Waals surface area contributed by atoms with Gasteiger partial charge in [-0.1, -0.05) is 28.9 Å². The Bertz CT molecular complexity index is 612. The first kappa shape index (κ1) is 14.7. The molecule has 3 N–H and O–H groups in total. The molecule has 19 heavy (non-hydrogen) atoms. The molecule has 0 radical (unpaired) electrons. The van der Waals surface area contributed by atoms with E-state index in [1.54, 1.807) is 11.8 Å².